The van der Waals surface area contributed by atoms with Crippen molar-refractivity contribution >= 4 is 71.0 Å². The lowest BCUT2D eigenvalue weighted by Crippen LogP contribution is -1.96. The third-order valence-corrected chi connectivity index (χ3v) is 5.88. The first-order valence-electron chi connectivity index (χ1n) is 6.25. The number of hydrogen-bond donors (Lipinski definition) is 4. The molecular formula is C14H9BrN2O4S2. The average molecular weight is 413 g/mol. The Hall–Kier alpha value is -2.10. The van der Waals surface area contributed by atoms with Crippen molar-refractivity contribution in [2.45, 2.75) is 0 Å². The second-order valence-electron chi connectivity index (χ2n) is 4.47. The smallest absolute Gasteiger partial charge is 0.353 e. The normalized spacial score (nSPS) is 10.7. The number of fused-ring (bicyclic) bond motifs is 2. The summed E-state index contributed by atoms with van der Waals surface area (Å²) in [6.07, 6.45) is 0. The van der Waals surface area contributed by atoms with E-state index in [9.17, 15) is 9.59 Å². The molecule has 4 aromatic heterocycles. The minimum absolute atomic E-state index is 0.219. The first-order chi connectivity index (χ1) is 11.0. The Morgan fingerprint density at radius 1 is 1.00 bits per heavy atom. The van der Waals surface area contributed by atoms with E-state index in [0.717, 1.165) is 20.4 Å². The Labute approximate surface area is 145 Å². The molecule has 0 radical (unpaired) electrons. The molecule has 4 aromatic rings. The molecular weight excluding hydrogens is 404 g/mol. The van der Waals surface area contributed by atoms with Crippen LogP contribution in [-0.2, 0) is 0 Å². The van der Waals surface area contributed by atoms with Gasteiger partial charge in [-0.1, -0.05) is 0 Å². The lowest BCUT2D eigenvalue weighted by molar-refractivity contribution is 0.0680. The number of thiophene rings is 2. The van der Waals surface area contributed by atoms with Crippen LogP contribution in [0.1, 0.15) is 21.0 Å². The molecule has 0 saturated carbocycles. The number of halogens is 1. The van der Waals surface area contributed by atoms with Crippen molar-refractivity contribution in [1.82, 2.24) is 9.97 Å². The van der Waals surface area contributed by atoms with Gasteiger partial charge in [0.25, 0.3) is 0 Å². The van der Waals surface area contributed by atoms with Crippen molar-refractivity contribution in [2.24, 2.45) is 0 Å². The zero-order valence-corrected chi connectivity index (χ0v) is 14.5. The highest BCUT2D eigenvalue weighted by Gasteiger charge is 2.15. The SMILES string of the molecule is O=C(O)c1[nH]c2ccsc2c1Br.O=C(O)c1cc2sccc2[nH]1. The van der Waals surface area contributed by atoms with Crippen LogP contribution in [0.4, 0.5) is 0 Å². The van der Waals surface area contributed by atoms with Crippen molar-refractivity contribution in [3.05, 3.63) is 44.8 Å². The maximum Gasteiger partial charge on any atom is 0.353 e. The Morgan fingerprint density at radius 2 is 1.70 bits per heavy atom. The third-order valence-electron chi connectivity index (χ3n) is 3.03. The number of hydrogen-bond acceptors (Lipinski definition) is 4. The van der Waals surface area contributed by atoms with Gasteiger partial charge in [-0.3, -0.25) is 0 Å². The molecule has 0 fully saturated rings. The molecule has 0 aliphatic carbocycles. The lowest BCUT2D eigenvalue weighted by atomic mass is 10.4. The summed E-state index contributed by atoms with van der Waals surface area (Å²) >= 11 is 6.27. The highest BCUT2D eigenvalue weighted by atomic mass is 79.9. The summed E-state index contributed by atoms with van der Waals surface area (Å²) < 4.78 is 2.58. The fourth-order valence-electron chi connectivity index (χ4n) is 1.99. The maximum absolute atomic E-state index is 10.6. The first kappa shape index (κ1) is 15.8. The molecule has 0 aromatic carbocycles. The number of aromatic carboxylic acids is 2. The highest BCUT2D eigenvalue weighted by molar-refractivity contribution is 9.10. The molecule has 0 atom stereocenters. The fourth-order valence-corrected chi connectivity index (χ4v) is 4.33. The van der Waals surface area contributed by atoms with Gasteiger partial charge in [0.15, 0.2) is 0 Å². The summed E-state index contributed by atoms with van der Waals surface area (Å²) in [6.45, 7) is 0. The molecule has 6 nitrogen and oxygen atoms in total. The van der Waals surface area contributed by atoms with Crippen LogP contribution in [0.25, 0.3) is 20.4 Å². The highest BCUT2D eigenvalue weighted by Crippen LogP contribution is 2.31. The molecule has 0 unspecified atom stereocenters. The largest absolute Gasteiger partial charge is 0.477 e. The quantitative estimate of drug-likeness (QED) is 0.385. The number of carbonyl (C=O) groups is 2. The molecule has 0 aliphatic heterocycles. The van der Waals surface area contributed by atoms with Crippen molar-refractivity contribution in [1.29, 1.82) is 0 Å². The van der Waals surface area contributed by atoms with Gasteiger partial charge in [-0.05, 0) is 44.9 Å². The van der Waals surface area contributed by atoms with E-state index < -0.39 is 11.9 Å². The van der Waals surface area contributed by atoms with Crippen LogP contribution in [0.3, 0.4) is 0 Å². The molecule has 4 heterocycles. The maximum atomic E-state index is 10.6. The molecule has 4 N–H and O–H groups in total. The first-order valence-corrected chi connectivity index (χ1v) is 8.80. The zero-order chi connectivity index (χ0) is 16.6. The van der Waals surface area contributed by atoms with Crippen molar-refractivity contribution in [2.75, 3.05) is 0 Å². The average Bonchev–Trinajstić information content (AvgIpc) is 3.19. The van der Waals surface area contributed by atoms with Gasteiger partial charge < -0.3 is 20.2 Å². The van der Waals surface area contributed by atoms with Crippen molar-refractivity contribution in [3.8, 4) is 0 Å². The summed E-state index contributed by atoms with van der Waals surface area (Å²) in [4.78, 5) is 26.7. The van der Waals surface area contributed by atoms with E-state index >= 15 is 0 Å². The van der Waals surface area contributed by atoms with Crippen LogP contribution in [0.15, 0.2) is 33.4 Å². The van der Waals surface area contributed by atoms with E-state index in [4.69, 9.17) is 10.2 Å². The predicted molar refractivity (Wildman–Crippen MR) is 94.0 cm³/mol. The Morgan fingerprint density at radius 3 is 2.30 bits per heavy atom. The monoisotopic (exact) mass is 412 g/mol. The van der Waals surface area contributed by atoms with Crippen LogP contribution in [-0.4, -0.2) is 32.1 Å². The summed E-state index contributed by atoms with van der Waals surface area (Å²) in [5.74, 6) is -1.85. The topological polar surface area (TPSA) is 106 Å². The van der Waals surface area contributed by atoms with E-state index in [-0.39, 0.29) is 11.4 Å². The minimum Gasteiger partial charge on any atom is -0.477 e. The molecule has 23 heavy (non-hydrogen) atoms. The number of aromatic nitrogens is 2. The second-order valence-corrected chi connectivity index (χ2v) is 7.13. The standard InChI is InChI=1S/C7H4BrNO2S.C7H5NO2S/c8-4-5(7(10)11)9-3-1-2-12-6(3)4;9-7(10)5-3-6-4(8-5)1-2-11-6/h1-2,9H,(H,10,11);1-3,8H,(H,9,10). The molecule has 118 valence electrons. The van der Waals surface area contributed by atoms with Gasteiger partial charge in [0, 0.05) is 0 Å². The van der Waals surface area contributed by atoms with Crippen molar-refractivity contribution in [3.63, 3.8) is 0 Å². The fraction of sp³-hybridized carbons (Fsp3) is 0. The number of carboxylic acid groups (broad SMARTS) is 2. The van der Waals surface area contributed by atoms with E-state index in [0.29, 0.717) is 4.47 Å². The number of aromatic amines is 2. The van der Waals surface area contributed by atoms with Gasteiger partial charge in [-0.25, -0.2) is 9.59 Å². The molecule has 0 bridgehead atoms. The van der Waals surface area contributed by atoms with Crippen LogP contribution in [0.2, 0.25) is 0 Å². The van der Waals surface area contributed by atoms with E-state index in [1.807, 2.05) is 22.9 Å². The molecule has 0 amide bonds. The third kappa shape index (κ3) is 3.03. The van der Waals surface area contributed by atoms with Gasteiger partial charge in [0.2, 0.25) is 0 Å². The van der Waals surface area contributed by atoms with Gasteiger partial charge in [-0.15, -0.1) is 22.7 Å². The van der Waals surface area contributed by atoms with Crippen LogP contribution < -0.4 is 0 Å². The van der Waals surface area contributed by atoms with E-state index in [1.54, 1.807) is 6.07 Å². The molecule has 9 heteroatoms. The van der Waals surface area contributed by atoms with Crippen LogP contribution in [0.5, 0.6) is 0 Å². The molecule has 4 rings (SSSR count). The van der Waals surface area contributed by atoms with Gasteiger partial charge in [-0.2, -0.15) is 0 Å². The Balaban J connectivity index is 0.000000136. The minimum atomic E-state index is -0.940. The number of rotatable bonds is 2. The Kier molecular flexibility index (Phi) is 4.24. The lowest BCUT2D eigenvalue weighted by Gasteiger charge is -1.87. The predicted octanol–water partition coefficient (Wildman–Crippen LogP) is 4.62. The molecule has 0 aliphatic rings. The van der Waals surface area contributed by atoms with Crippen LogP contribution in [0, 0.1) is 0 Å². The van der Waals surface area contributed by atoms with Crippen molar-refractivity contribution < 1.29 is 19.8 Å². The van der Waals surface area contributed by atoms with Crippen LogP contribution >= 0.6 is 38.6 Å². The van der Waals surface area contributed by atoms with Gasteiger partial charge >= 0.3 is 11.9 Å². The molecule has 0 saturated heterocycles. The zero-order valence-electron chi connectivity index (χ0n) is 11.3. The number of carboxylic acids is 2. The van der Waals surface area contributed by atoms with Gasteiger partial charge in [0.1, 0.15) is 11.4 Å². The van der Waals surface area contributed by atoms with E-state index in [2.05, 4.69) is 25.9 Å². The second kappa shape index (κ2) is 6.19. The van der Waals surface area contributed by atoms with Gasteiger partial charge in [0.05, 0.1) is 24.9 Å². The summed E-state index contributed by atoms with van der Waals surface area (Å²) in [5.41, 5.74) is 2.24. The molecule has 0 spiro atoms. The number of nitrogens with one attached hydrogen (secondary N) is 2. The summed E-state index contributed by atoms with van der Waals surface area (Å²) in [7, 11) is 0. The number of H-pyrrole nitrogens is 2. The van der Waals surface area contributed by atoms with E-state index in [1.165, 1.54) is 22.7 Å². The Bertz CT molecular complexity index is 982. The summed E-state index contributed by atoms with van der Waals surface area (Å²) in [5, 5.41) is 21.1. The summed E-state index contributed by atoms with van der Waals surface area (Å²) in [6, 6.07) is 5.37.